The molecule has 0 unspecified atom stereocenters. The Bertz CT molecular complexity index is 1170. The Balaban J connectivity index is 1.87. The molecule has 3 aromatic rings. The molecule has 0 saturated heterocycles. The molecular formula is C20H19FN6O5. The molecule has 1 aromatic heterocycles. The molecule has 0 aliphatic heterocycles. The average Bonchev–Trinajstić information content (AvgIpc) is 3.22. The van der Waals surface area contributed by atoms with Gasteiger partial charge in [-0.2, -0.15) is 5.10 Å². The molecule has 0 spiro atoms. The fourth-order valence-electron chi connectivity index (χ4n) is 2.67. The van der Waals surface area contributed by atoms with E-state index in [0.717, 1.165) is 18.2 Å². The Morgan fingerprint density at radius 1 is 1.12 bits per heavy atom. The summed E-state index contributed by atoms with van der Waals surface area (Å²) >= 11 is 0. The number of aromatic nitrogens is 3. The number of nitro groups is 1. The lowest BCUT2D eigenvalue weighted by Crippen LogP contribution is -2.27. The number of carbonyl (C=O) groups is 2. The van der Waals surface area contributed by atoms with E-state index >= 15 is 0 Å². The Labute approximate surface area is 181 Å². The minimum atomic E-state index is -0.799. The average molecular weight is 442 g/mol. The number of benzene rings is 2. The fourth-order valence-corrected chi connectivity index (χ4v) is 2.67. The van der Waals surface area contributed by atoms with Gasteiger partial charge in [0.25, 0.3) is 11.6 Å². The molecule has 0 saturated carbocycles. The number of rotatable bonds is 5. The van der Waals surface area contributed by atoms with Gasteiger partial charge in [0, 0.05) is 11.6 Å². The largest absolute Gasteiger partial charge is 0.444 e. The molecule has 12 heteroatoms. The zero-order valence-corrected chi connectivity index (χ0v) is 17.3. The van der Waals surface area contributed by atoms with Crippen molar-refractivity contribution in [3.05, 3.63) is 70.5 Å². The number of anilines is 2. The van der Waals surface area contributed by atoms with Gasteiger partial charge in [0.1, 0.15) is 29.8 Å². The van der Waals surface area contributed by atoms with Gasteiger partial charge in [0.15, 0.2) is 0 Å². The molecule has 1 heterocycles. The van der Waals surface area contributed by atoms with E-state index in [1.165, 1.54) is 35.5 Å². The summed E-state index contributed by atoms with van der Waals surface area (Å²) < 4.78 is 20.1. The van der Waals surface area contributed by atoms with Crippen LogP contribution in [0.2, 0.25) is 0 Å². The minimum Gasteiger partial charge on any atom is -0.444 e. The molecule has 3 rings (SSSR count). The second-order valence-electron chi connectivity index (χ2n) is 7.57. The molecular weight excluding hydrogens is 423 g/mol. The quantitative estimate of drug-likeness (QED) is 0.451. The van der Waals surface area contributed by atoms with E-state index in [4.69, 9.17) is 4.74 Å². The van der Waals surface area contributed by atoms with Gasteiger partial charge in [-0.3, -0.25) is 20.2 Å². The lowest BCUT2D eigenvalue weighted by molar-refractivity contribution is -0.384. The van der Waals surface area contributed by atoms with E-state index in [9.17, 15) is 24.1 Å². The number of ether oxygens (including phenoxy) is 1. The van der Waals surface area contributed by atoms with Crippen LogP contribution in [0.3, 0.4) is 0 Å². The van der Waals surface area contributed by atoms with Crippen molar-refractivity contribution in [3.8, 4) is 5.69 Å². The van der Waals surface area contributed by atoms with E-state index in [-0.39, 0.29) is 28.3 Å². The zero-order valence-electron chi connectivity index (χ0n) is 17.3. The number of hydrogen-bond acceptors (Lipinski definition) is 7. The van der Waals surface area contributed by atoms with Gasteiger partial charge in [-0.15, -0.1) is 0 Å². The molecule has 11 nitrogen and oxygen atoms in total. The smallest absolute Gasteiger partial charge is 0.412 e. The van der Waals surface area contributed by atoms with Crippen LogP contribution in [0, 0.1) is 15.9 Å². The fraction of sp³-hybridized carbons (Fsp3) is 0.200. The molecule has 0 aliphatic rings. The summed E-state index contributed by atoms with van der Waals surface area (Å²) in [7, 11) is 0. The third kappa shape index (κ3) is 5.41. The molecule has 0 fully saturated rings. The van der Waals surface area contributed by atoms with E-state index in [1.807, 2.05) is 0 Å². The van der Waals surface area contributed by atoms with Crippen molar-refractivity contribution in [3.63, 3.8) is 0 Å². The molecule has 0 radical (unpaired) electrons. The van der Waals surface area contributed by atoms with E-state index in [2.05, 4.69) is 20.7 Å². The maximum Gasteiger partial charge on any atom is 0.412 e. The summed E-state index contributed by atoms with van der Waals surface area (Å²) in [6.07, 6.45) is 1.70. The second-order valence-corrected chi connectivity index (χ2v) is 7.57. The van der Waals surface area contributed by atoms with Crippen LogP contribution in [0.4, 0.5) is 26.2 Å². The lowest BCUT2D eigenvalue weighted by atomic mass is 10.1. The van der Waals surface area contributed by atoms with Crippen molar-refractivity contribution in [1.29, 1.82) is 0 Å². The molecule has 0 bridgehead atoms. The van der Waals surface area contributed by atoms with Crippen molar-refractivity contribution in [2.75, 3.05) is 10.6 Å². The number of amides is 2. The highest BCUT2D eigenvalue weighted by atomic mass is 19.1. The topological polar surface area (TPSA) is 141 Å². The number of nitrogens with zero attached hydrogens (tertiary/aromatic N) is 4. The predicted octanol–water partition coefficient (Wildman–Crippen LogP) is 3.91. The van der Waals surface area contributed by atoms with E-state index < -0.39 is 28.3 Å². The highest BCUT2D eigenvalue weighted by molar-refractivity contribution is 6.07. The van der Waals surface area contributed by atoms with Crippen LogP contribution in [-0.2, 0) is 4.74 Å². The van der Waals surface area contributed by atoms with Crippen molar-refractivity contribution in [2.24, 2.45) is 0 Å². The number of halogens is 1. The standard InChI is InChI=1S/C20H19FN6O5/c1-20(2,3)32-19(29)25-14-6-5-13(21)9-15(14)24-18(28)12-4-7-16(17(8-12)27(30)31)26-11-22-10-23-26/h4-11H,1-3H3,(H,24,28)(H,25,29). The number of nitrogens with one attached hydrogen (secondary N) is 2. The predicted molar refractivity (Wildman–Crippen MR) is 112 cm³/mol. The Hall–Kier alpha value is -4.35. The maximum atomic E-state index is 13.8. The monoisotopic (exact) mass is 442 g/mol. The first-order valence-corrected chi connectivity index (χ1v) is 9.28. The maximum absolute atomic E-state index is 13.8. The van der Waals surface area contributed by atoms with Crippen LogP contribution in [0.25, 0.3) is 5.69 Å². The highest BCUT2D eigenvalue weighted by Crippen LogP contribution is 2.27. The Morgan fingerprint density at radius 2 is 1.88 bits per heavy atom. The van der Waals surface area contributed by atoms with Gasteiger partial charge in [0.05, 0.1) is 16.3 Å². The van der Waals surface area contributed by atoms with Crippen LogP contribution < -0.4 is 10.6 Å². The molecule has 2 aromatic carbocycles. The van der Waals surface area contributed by atoms with Crippen molar-refractivity contribution >= 4 is 29.1 Å². The second kappa shape index (κ2) is 8.79. The summed E-state index contributed by atoms with van der Waals surface area (Å²) in [5.41, 5.74) is -1.06. The van der Waals surface area contributed by atoms with Crippen molar-refractivity contribution in [2.45, 2.75) is 26.4 Å². The lowest BCUT2D eigenvalue weighted by Gasteiger charge is -2.20. The van der Waals surface area contributed by atoms with Crippen LogP contribution in [-0.4, -0.2) is 37.3 Å². The van der Waals surface area contributed by atoms with Crippen LogP contribution in [0.15, 0.2) is 49.1 Å². The summed E-state index contributed by atoms with van der Waals surface area (Å²) in [6.45, 7) is 5.03. The van der Waals surface area contributed by atoms with Gasteiger partial charge in [-0.05, 0) is 51.1 Å². The van der Waals surface area contributed by atoms with Crippen LogP contribution >= 0.6 is 0 Å². The molecule has 2 N–H and O–H groups in total. The Kier molecular flexibility index (Phi) is 6.14. The summed E-state index contributed by atoms with van der Waals surface area (Å²) in [5, 5.41) is 20.2. The SMILES string of the molecule is CC(C)(C)OC(=O)Nc1ccc(F)cc1NC(=O)c1ccc(-n2cncn2)c([N+](=O)[O-])c1. The summed E-state index contributed by atoms with van der Waals surface area (Å²) in [6, 6.07) is 7.10. The highest BCUT2D eigenvalue weighted by Gasteiger charge is 2.21. The first kappa shape index (κ1) is 22.3. The molecule has 32 heavy (non-hydrogen) atoms. The molecule has 2 amide bonds. The van der Waals surface area contributed by atoms with Gasteiger partial charge < -0.3 is 10.1 Å². The third-order valence-electron chi connectivity index (χ3n) is 3.97. The molecule has 0 aliphatic carbocycles. The number of hydrogen-bond donors (Lipinski definition) is 2. The van der Waals surface area contributed by atoms with Crippen LogP contribution in [0.1, 0.15) is 31.1 Å². The zero-order chi connectivity index (χ0) is 23.5. The Morgan fingerprint density at radius 3 is 2.50 bits per heavy atom. The van der Waals surface area contributed by atoms with Gasteiger partial charge in [-0.25, -0.2) is 18.9 Å². The minimum absolute atomic E-state index is 0.0520. The van der Waals surface area contributed by atoms with E-state index in [1.54, 1.807) is 20.8 Å². The first-order chi connectivity index (χ1) is 15.0. The van der Waals surface area contributed by atoms with Gasteiger partial charge >= 0.3 is 6.09 Å². The first-order valence-electron chi connectivity index (χ1n) is 9.28. The van der Waals surface area contributed by atoms with E-state index in [0.29, 0.717) is 0 Å². The van der Waals surface area contributed by atoms with Gasteiger partial charge in [0.2, 0.25) is 0 Å². The number of carbonyl (C=O) groups excluding carboxylic acids is 2. The van der Waals surface area contributed by atoms with Crippen molar-refractivity contribution < 1.29 is 23.6 Å². The normalized spacial score (nSPS) is 11.0. The summed E-state index contributed by atoms with van der Waals surface area (Å²) in [4.78, 5) is 39.4. The van der Waals surface area contributed by atoms with Crippen molar-refractivity contribution in [1.82, 2.24) is 14.8 Å². The van der Waals surface area contributed by atoms with Crippen LogP contribution in [0.5, 0.6) is 0 Å². The van der Waals surface area contributed by atoms with Gasteiger partial charge in [-0.1, -0.05) is 0 Å². The molecule has 0 atom stereocenters. The number of nitro benzene ring substituents is 1. The summed E-state index contributed by atoms with van der Waals surface area (Å²) in [5.74, 6) is -1.42. The third-order valence-corrected chi connectivity index (χ3v) is 3.97. The molecule has 166 valence electrons.